The lowest BCUT2D eigenvalue weighted by Crippen LogP contribution is -2.68. The number of guanidine groups is 1. The zero-order valence-corrected chi connectivity index (χ0v) is 15.5. The van der Waals surface area contributed by atoms with Crippen LogP contribution in [0.5, 0.6) is 0 Å². The van der Waals surface area contributed by atoms with Gasteiger partial charge < -0.3 is 20.3 Å². The Morgan fingerprint density at radius 3 is 2.62 bits per heavy atom. The molecule has 2 atom stereocenters. The summed E-state index contributed by atoms with van der Waals surface area (Å²) in [6.45, 7) is 9.51. The average Bonchev–Trinajstić information content (AvgIpc) is 2.45. The van der Waals surface area contributed by atoms with Gasteiger partial charge in [-0.05, 0) is 33.1 Å². The molecule has 24 heavy (non-hydrogen) atoms. The van der Waals surface area contributed by atoms with Crippen LogP contribution in [0.25, 0.3) is 0 Å². The highest BCUT2D eigenvalue weighted by molar-refractivity contribution is 5.85. The second-order valence-corrected chi connectivity index (χ2v) is 7.23. The van der Waals surface area contributed by atoms with E-state index in [1.807, 2.05) is 6.92 Å². The number of amides is 1. The van der Waals surface area contributed by atoms with E-state index in [1.165, 1.54) is 19.3 Å². The monoisotopic (exact) mass is 336 g/mol. The van der Waals surface area contributed by atoms with Gasteiger partial charge in [0.1, 0.15) is 6.54 Å². The van der Waals surface area contributed by atoms with Crippen molar-refractivity contribution in [2.75, 3.05) is 33.8 Å². The summed E-state index contributed by atoms with van der Waals surface area (Å²) in [7, 11) is 3.49. The van der Waals surface area contributed by atoms with Crippen molar-refractivity contribution in [3.05, 3.63) is 12.2 Å². The molecule has 2 aliphatic rings. The van der Waals surface area contributed by atoms with Crippen molar-refractivity contribution < 1.29 is 9.53 Å². The van der Waals surface area contributed by atoms with Crippen LogP contribution < -0.4 is 10.6 Å². The summed E-state index contributed by atoms with van der Waals surface area (Å²) in [5.74, 6) is 0.685. The molecule has 0 aromatic heterocycles. The SMILES string of the molecule is C=C(C)CNC(=NCC(=O)N(C)C)NC1CC(OCC)C12CCC2. The van der Waals surface area contributed by atoms with Crippen molar-refractivity contribution in [3.8, 4) is 0 Å². The van der Waals surface area contributed by atoms with Crippen LogP contribution in [0.4, 0.5) is 0 Å². The Labute approximate surface area is 145 Å². The maximum atomic E-state index is 11.8. The standard InChI is InChI=1S/C18H32N4O2/c1-6-24-15-10-14(18(15)8-7-9-18)21-17(19-11-13(2)3)20-12-16(23)22(4)5/h14-15H,2,6-12H2,1,3-5H3,(H2,19,20,21). The molecule has 0 aromatic carbocycles. The summed E-state index contributed by atoms with van der Waals surface area (Å²) in [6.07, 6.45) is 5.05. The second kappa shape index (κ2) is 8.01. The van der Waals surface area contributed by atoms with E-state index >= 15 is 0 Å². The number of rotatable bonds is 7. The number of carbonyl (C=O) groups excluding carboxylic acids is 1. The third-order valence-electron chi connectivity index (χ3n) is 5.18. The first-order chi connectivity index (χ1) is 11.4. The maximum absolute atomic E-state index is 11.8. The first-order valence-electron chi connectivity index (χ1n) is 8.90. The Bertz CT molecular complexity index is 497. The first kappa shape index (κ1) is 18.8. The fraction of sp³-hybridized carbons (Fsp3) is 0.778. The molecule has 0 aromatic rings. The van der Waals surface area contributed by atoms with Crippen LogP contribution in [-0.4, -0.2) is 62.7 Å². The van der Waals surface area contributed by atoms with Gasteiger partial charge in [0.25, 0.3) is 0 Å². The largest absolute Gasteiger partial charge is 0.378 e. The molecule has 6 heteroatoms. The van der Waals surface area contributed by atoms with E-state index in [0.29, 0.717) is 24.7 Å². The van der Waals surface area contributed by atoms with Crippen LogP contribution in [0, 0.1) is 5.41 Å². The fourth-order valence-corrected chi connectivity index (χ4v) is 3.48. The molecule has 2 N–H and O–H groups in total. The van der Waals surface area contributed by atoms with Gasteiger partial charge in [-0.1, -0.05) is 18.6 Å². The average molecular weight is 336 g/mol. The highest BCUT2D eigenvalue weighted by Gasteiger charge is 2.59. The van der Waals surface area contributed by atoms with Crippen LogP contribution in [-0.2, 0) is 9.53 Å². The Kier molecular flexibility index (Phi) is 6.27. The van der Waals surface area contributed by atoms with Crippen molar-refractivity contribution in [1.29, 1.82) is 0 Å². The highest BCUT2D eigenvalue weighted by atomic mass is 16.5. The van der Waals surface area contributed by atoms with Crippen LogP contribution in [0.1, 0.15) is 39.5 Å². The van der Waals surface area contributed by atoms with Gasteiger partial charge in [0, 0.05) is 38.7 Å². The van der Waals surface area contributed by atoms with E-state index < -0.39 is 0 Å². The summed E-state index contributed by atoms with van der Waals surface area (Å²) < 4.78 is 5.90. The minimum atomic E-state index is -0.00872. The van der Waals surface area contributed by atoms with Crippen molar-refractivity contribution in [3.63, 3.8) is 0 Å². The van der Waals surface area contributed by atoms with Gasteiger partial charge in [0.15, 0.2) is 5.96 Å². The van der Waals surface area contributed by atoms with E-state index in [2.05, 4.69) is 29.1 Å². The molecule has 0 saturated heterocycles. The smallest absolute Gasteiger partial charge is 0.243 e. The van der Waals surface area contributed by atoms with Gasteiger partial charge >= 0.3 is 0 Å². The lowest BCUT2D eigenvalue weighted by molar-refractivity contribution is -0.168. The number of aliphatic imine (C=N–C) groups is 1. The van der Waals surface area contributed by atoms with Crippen LogP contribution in [0.3, 0.4) is 0 Å². The summed E-state index contributed by atoms with van der Waals surface area (Å²) in [5, 5.41) is 6.80. The molecule has 0 radical (unpaired) electrons. The van der Waals surface area contributed by atoms with Gasteiger partial charge in [-0.25, -0.2) is 4.99 Å². The van der Waals surface area contributed by atoms with Crippen molar-refractivity contribution in [2.45, 2.75) is 51.7 Å². The summed E-state index contributed by atoms with van der Waals surface area (Å²) in [6, 6.07) is 0.369. The van der Waals surface area contributed by atoms with E-state index in [0.717, 1.165) is 18.6 Å². The summed E-state index contributed by atoms with van der Waals surface area (Å²) >= 11 is 0. The topological polar surface area (TPSA) is 66.0 Å². The van der Waals surface area contributed by atoms with Crippen molar-refractivity contribution in [2.24, 2.45) is 10.4 Å². The van der Waals surface area contributed by atoms with Crippen molar-refractivity contribution in [1.82, 2.24) is 15.5 Å². The lowest BCUT2D eigenvalue weighted by atomic mass is 9.51. The molecule has 2 rings (SSSR count). The first-order valence-corrected chi connectivity index (χ1v) is 8.90. The number of ether oxygens (including phenoxy) is 1. The highest BCUT2D eigenvalue weighted by Crippen LogP contribution is 2.57. The van der Waals surface area contributed by atoms with Crippen LogP contribution in [0.15, 0.2) is 17.1 Å². The summed E-state index contributed by atoms with van der Waals surface area (Å²) in [4.78, 5) is 17.8. The van der Waals surface area contributed by atoms with E-state index in [-0.39, 0.29) is 17.9 Å². The molecule has 0 aliphatic heterocycles. The van der Waals surface area contributed by atoms with E-state index in [4.69, 9.17) is 4.74 Å². The Balaban J connectivity index is 1.98. The molecular formula is C18H32N4O2. The molecule has 2 aliphatic carbocycles. The number of hydrogen-bond donors (Lipinski definition) is 2. The lowest BCUT2D eigenvalue weighted by Gasteiger charge is -2.61. The van der Waals surface area contributed by atoms with Crippen LogP contribution >= 0.6 is 0 Å². The third-order valence-corrected chi connectivity index (χ3v) is 5.18. The Morgan fingerprint density at radius 1 is 1.42 bits per heavy atom. The molecule has 1 spiro atoms. The Morgan fingerprint density at radius 2 is 2.12 bits per heavy atom. The van der Waals surface area contributed by atoms with Gasteiger partial charge in [-0.15, -0.1) is 0 Å². The molecule has 136 valence electrons. The number of carbonyl (C=O) groups is 1. The van der Waals surface area contributed by atoms with Crippen LogP contribution in [0.2, 0.25) is 0 Å². The summed E-state index contributed by atoms with van der Waals surface area (Å²) in [5.41, 5.74) is 1.29. The predicted octanol–water partition coefficient (Wildman–Crippen LogP) is 1.53. The number of nitrogens with zero attached hydrogens (tertiary/aromatic N) is 2. The molecular weight excluding hydrogens is 304 g/mol. The number of likely N-dealkylation sites (N-methyl/N-ethyl adjacent to an activating group) is 1. The normalized spacial score (nSPS) is 24.8. The third kappa shape index (κ3) is 4.09. The minimum Gasteiger partial charge on any atom is -0.378 e. The van der Waals surface area contributed by atoms with Gasteiger partial charge in [0.2, 0.25) is 5.91 Å². The zero-order chi connectivity index (χ0) is 17.7. The molecule has 0 bridgehead atoms. The number of nitrogens with one attached hydrogen (secondary N) is 2. The zero-order valence-electron chi connectivity index (χ0n) is 15.5. The molecule has 2 unspecified atom stereocenters. The fourth-order valence-electron chi connectivity index (χ4n) is 3.48. The second-order valence-electron chi connectivity index (χ2n) is 7.23. The molecule has 0 heterocycles. The quantitative estimate of drug-likeness (QED) is 0.420. The van der Waals surface area contributed by atoms with Gasteiger partial charge in [0.05, 0.1) is 6.10 Å². The molecule has 2 fully saturated rings. The predicted molar refractivity (Wildman–Crippen MR) is 97.1 cm³/mol. The molecule has 6 nitrogen and oxygen atoms in total. The molecule has 2 saturated carbocycles. The van der Waals surface area contributed by atoms with E-state index in [1.54, 1.807) is 19.0 Å². The van der Waals surface area contributed by atoms with Gasteiger partial charge in [-0.2, -0.15) is 0 Å². The maximum Gasteiger partial charge on any atom is 0.243 e. The minimum absolute atomic E-state index is 0.00872. The number of hydrogen-bond acceptors (Lipinski definition) is 3. The van der Waals surface area contributed by atoms with Crippen molar-refractivity contribution >= 4 is 11.9 Å². The van der Waals surface area contributed by atoms with Gasteiger partial charge in [-0.3, -0.25) is 4.79 Å². The molecule has 1 amide bonds. The van der Waals surface area contributed by atoms with E-state index in [9.17, 15) is 4.79 Å². The Hall–Kier alpha value is -1.56.